The van der Waals surface area contributed by atoms with Gasteiger partial charge in [-0.25, -0.2) is 0 Å². The van der Waals surface area contributed by atoms with Crippen LogP contribution in [0.3, 0.4) is 0 Å². The first-order valence-corrected chi connectivity index (χ1v) is 7.86. The standard InChI is InChI=1S/C22H21O/c1-16-8-12-18(13-9-16)22(19-14-10-17(2)11-15-19)20-6-4-5-7-21(20)23-3/h4,6-15,22H,1-3H3. The van der Waals surface area contributed by atoms with E-state index in [1.165, 1.54) is 27.8 Å². The first-order chi connectivity index (χ1) is 11.2. The van der Waals surface area contributed by atoms with Crippen LogP contribution in [0, 0.1) is 19.9 Å². The highest BCUT2D eigenvalue weighted by Crippen LogP contribution is 2.37. The molecule has 0 fully saturated rings. The van der Waals surface area contributed by atoms with Crippen molar-refractivity contribution in [3.05, 3.63) is 101 Å². The van der Waals surface area contributed by atoms with E-state index in [1.54, 1.807) is 7.11 Å². The maximum absolute atomic E-state index is 5.59. The van der Waals surface area contributed by atoms with Crippen LogP contribution >= 0.6 is 0 Å². The van der Waals surface area contributed by atoms with E-state index in [1.807, 2.05) is 12.1 Å². The van der Waals surface area contributed by atoms with E-state index >= 15 is 0 Å². The SMILES string of the molecule is COc1c[c]ccc1C(c1ccc(C)cc1)c1ccc(C)cc1. The highest BCUT2D eigenvalue weighted by Gasteiger charge is 2.20. The van der Waals surface area contributed by atoms with Crippen LogP contribution in [0.1, 0.15) is 33.7 Å². The van der Waals surface area contributed by atoms with Crippen molar-refractivity contribution in [1.29, 1.82) is 0 Å². The summed E-state index contributed by atoms with van der Waals surface area (Å²) in [6.45, 7) is 4.23. The van der Waals surface area contributed by atoms with Crippen molar-refractivity contribution in [2.75, 3.05) is 7.11 Å². The topological polar surface area (TPSA) is 9.23 Å². The lowest BCUT2D eigenvalue weighted by molar-refractivity contribution is 0.409. The van der Waals surface area contributed by atoms with E-state index in [0.717, 1.165) is 5.75 Å². The summed E-state index contributed by atoms with van der Waals surface area (Å²) in [5.74, 6) is 1.03. The van der Waals surface area contributed by atoms with Crippen molar-refractivity contribution in [3.63, 3.8) is 0 Å². The average Bonchev–Trinajstić information content (AvgIpc) is 2.59. The molecule has 1 nitrogen and oxygen atoms in total. The van der Waals surface area contributed by atoms with Gasteiger partial charge in [0, 0.05) is 11.5 Å². The van der Waals surface area contributed by atoms with Crippen LogP contribution in [0.25, 0.3) is 0 Å². The second kappa shape index (κ2) is 6.70. The van der Waals surface area contributed by atoms with E-state index in [0.29, 0.717) is 0 Å². The minimum atomic E-state index is 0.153. The third-order valence-electron chi connectivity index (χ3n) is 4.21. The minimum Gasteiger partial charge on any atom is -0.496 e. The molecule has 0 N–H and O–H groups in total. The fourth-order valence-electron chi connectivity index (χ4n) is 2.91. The Bertz CT molecular complexity index is 724. The van der Waals surface area contributed by atoms with Gasteiger partial charge in [0.25, 0.3) is 0 Å². The number of methoxy groups -OCH3 is 1. The molecule has 0 aliphatic rings. The second-order valence-corrected chi connectivity index (χ2v) is 5.92. The Morgan fingerprint density at radius 3 is 1.78 bits per heavy atom. The molecular formula is C22H21O. The monoisotopic (exact) mass is 301 g/mol. The lowest BCUT2D eigenvalue weighted by Crippen LogP contribution is -2.05. The Hall–Kier alpha value is -2.54. The zero-order valence-corrected chi connectivity index (χ0v) is 13.8. The maximum Gasteiger partial charge on any atom is 0.123 e. The highest BCUT2D eigenvalue weighted by atomic mass is 16.5. The average molecular weight is 301 g/mol. The fraction of sp³-hybridized carbons (Fsp3) is 0.182. The Kier molecular flexibility index (Phi) is 4.47. The van der Waals surface area contributed by atoms with E-state index in [4.69, 9.17) is 4.74 Å². The predicted octanol–water partition coefficient (Wildman–Crippen LogP) is 5.29. The van der Waals surface area contributed by atoms with Crippen LogP contribution < -0.4 is 4.74 Å². The van der Waals surface area contributed by atoms with Gasteiger partial charge in [0.1, 0.15) is 5.75 Å². The van der Waals surface area contributed by atoms with Gasteiger partial charge in [-0.1, -0.05) is 71.8 Å². The van der Waals surface area contributed by atoms with Gasteiger partial charge >= 0.3 is 0 Å². The molecule has 3 aromatic carbocycles. The quantitative estimate of drug-likeness (QED) is 0.595. The van der Waals surface area contributed by atoms with Gasteiger partial charge in [0.05, 0.1) is 7.11 Å². The molecule has 1 heteroatoms. The molecule has 1 radical (unpaired) electrons. The van der Waals surface area contributed by atoms with Crippen LogP contribution in [0.4, 0.5) is 0 Å². The second-order valence-electron chi connectivity index (χ2n) is 5.92. The number of hydrogen-bond acceptors (Lipinski definition) is 1. The summed E-state index contributed by atoms with van der Waals surface area (Å²) >= 11 is 0. The molecular weight excluding hydrogens is 280 g/mol. The Balaban J connectivity index is 2.17. The molecule has 3 rings (SSSR count). The third-order valence-corrected chi connectivity index (χ3v) is 4.21. The highest BCUT2D eigenvalue weighted by molar-refractivity contribution is 5.49. The summed E-state index contributed by atoms with van der Waals surface area (Å²) in [6, 6.07) is 26.5. The van der Waals surface area contributed by atoms with E-state index in [2.05, 4.69) is 74.5 Å². The summed E-state index contributed by atoms with van der Waals surface area (Å²) in [5.41, 5.74) is 6.24. The van der Waals surface area contributed by atoms with Gasteiger partial charge in [0.15, 0.2) is 0 Å². The third kappa shape index (κ3) is 3.29. The summed E-state index contributed by atoms with van der Waals surface area (Å²) < 4.78 is 5.59. The summed E-state index contributed by atoms with van der Waals surface area (Å²) in [7, 11) is 1.72. The molecule has 115 valence electrons. The van der Waals surface area contributed by atoms with Crippen LogP contribution in [0.5, 0.6) is 5.75 Å². The van der Waals surface area contributed by atoms with Gasteiger partial charge < -0.3 is 4.74 Å². The molecule has 3 aromatic rings. The Labute approximate surface area is 138 Å². The number of aryl methyl sites for hydroxylation is 2. The molecule has 0 aliphatic carbocycles. The number of hydrogen-bond donors (Lipinski definition) is 0. The van der Waals surface area contributed by atoms with Crippen molar-refractivity contribution < 1.29 is 4.74 Å². The predicted molar refractivity (Wildman–Crippen MR) is 95.1 cm³/mol. The molecule has 0 saturated heterocycles. The summed E-state index contributed by atoms with van der Waals surface area (Å²) in [6.07, 6.45) is 0. The van der Waals surface area contributed by atoms with Crippen molar-refractivity contribution >= 4 is 0 Å². The number of ether oxygens (including phenoxy) is 1. The van der Waals surface area contributed by atoms with E-state index in [-0.39, 0.29) is 5.92 Å². The number of benzene rings is 3. The van der Waals surface area contributed by atoms with Crippen LogP contribution in [-0.4, -0.2) is 7.11 Å². The van der Waals surface area contributed by atoms with Crippen LogP contribution in [0.15, 0.2) is 66.7 Å². The van der Waals surface area contributed by atoms with Crippen molar-refractivity contribution in [2.24, 2.45) is 0 Å². The number of rotatable bonds is 4. The molecule has 0 unspecified atom stereocenters. The Morgan fingerprint density at radius 2 is 1.30 bits per heavy atom. The minimum absolute atomic E-state index is 0.153. The van der Waals surface area contributed by atoms with Crippen molar-refractivity contribution in [2.45, 2.75) is 19.8 Å². The van der Waals surface area contributed by atoms with Gasteiger partial charge in [-0.2, -0.15) is 0 Å². The van der Waals surface area contributed by atoms with Gasteiger partial charge in [-0.15, -0.1) is 0 Å². The summed E-state index contributed by atoms with van der Waals surface area (Å²) in [5, 5.41) is 0. The zero-order valence-electron chi connectivity index (χ0n) is 13.8. The molecule has 0 bridgehead atoms. The van der Waals surface area contributed by atoms with Gasteiger partial charge in [-0.3, -0.25) is 0 Å². The molecule has 0 aromatic heterocycles. The van der Waals surface area contributed by atoms with Crippen LogP contribution in [0.2, 0.25) is 0 Å². The van der Waals surface area contributed by atoms with Gasteiger partial charge in [-0.05, 0) is 37.1 Å². The normalized spacial score (nSPS) is 10.8. The fourth-order valence-corrected chi connectivity index (χ4v) is 2.91. The zero-order chi connectivity index (χ0) is 16.2. The first-order valence-electron chi connectivity index (χ1n) is 7.86. The van der Waals surface area contributed by atoms with Crippen molar-refractivity contribution in [3.8, 4) is 5.75 Å². The largest absolute Gasteiger partial charge is 0.496 e. The molecule has 23 heavy (non-hydrogen) atoms. The lowest BCUT2D eigenvalue weighted by atomic mass is 9.84. The lowest BCUT2D eigenvalue weighted by Gasteiger charge is -2.21. The van der Waals surface area contributed by atoms with Crippen molar-refractivity contribution in [1.82, 2.24) is 0 Å². The molecule has 0 atom stereocenters. The summed E-state index contributed by atoms with van der Waals surface area (Å²) in [4.78, 5) is 0. The molecule has 0 aliphatic heterocycles. The smallest absolute Gasteiger partial charge is 0.123 e. The van der Waals surface area contributed by atoms with Gasteiger partial charge in [0.2, 0.25) is 0 Å². The van der Waals surface area contributed by atoms with E-state index in [9.17, 15) is 0 Å². The van der Waals surface area contributed by atoms with Crippen LogP contribution in [-0.2, 0) is 0 Å². The Morgan fingerprint density at radius 1 is 0.783 bits per heavy atom. The molecule has 0 amide bonds. The molecule has 0 spiro atoms. The molecule has 0 heterocycles. The van der Waals surface area contributed by atoms with E-state index < -0.39 is 0 Å². The first kappa shape index (κ1) is 15.4. The maximum atomic E-state index is 5.59. The molecule has 0 saturated carbocycles.